The van der Waals surface area contributed by atoms with E-state index in [4.69, 9.17) is 4.74 Å². The summed E-state index contributed by atoms with van der Waals surface area (Å²) in [6.45, 7) is 10.2. The van der Waals surface area contributed by atoms with E-state index in [2.05, 4.69) is 27.7 Å². The van der Waals surface area contributed by atoms with Crippen LogP contribution in [0.15, 0.2) is 0 Å². The van der Waals surface area contributed by atoms with Crippen LogP contribution in [0.4, 0.5) is 0 Å². The largest absolute Gasteiger partial charge is 0.463 e. The Morgan fingerprint density at radius 1 is 1.00 bits per heavy atom. The SMILES string of the molecule is CCC(C)C(C)CC1CC1CCC(C)CCCCCCCC(=O)OCC(O)CN(C)C. The molecule has 1 N–H and O–H groups in total. The predicted octanol–water partition coefficient (Wildman–Crippen LogP) is 6.31. The molecule has 0 saturated heterocycles. The van der Waals surface area contributed by atoms with E-state index in [9.17, 15) is 9.90 Å². The van der Waals surface area contributed by atoms with Crippen molar-refractivity contribution in [3.8, 4) is 0 Å². The number of nitrogens with zero attached hydrogens (tertiary/aromatic N) is 1. The Balaban J connectivity index is 1.92. The van der Waals surface area contributed by atoms with Crippen LogP contribution in [0.3, 0.4) is 0 Å². The molecule has 0 radical (unpaired) electrons. The van der Waals surface area contributed by atoms with Gasteiger partial charge in [-0.2, -0.15) is 0 Å². The monoisotopic (exact) mass is 439 g/mol. The molecule has 0 spiro atoms. The highest BCUT2D eigenvalue weighted by Gasteiger charge is 2.37. The van der Waals surface area contributed by atoms with Crippen molar-refractivity contribution in [1.82, 2.24) is 4.90 Å². The van der Waals surface area contributed by atoms with Crippen molar-refractivity contribution in [1.29, 1.82) is 0 Å². The van der Waals surface area contributed by atoms with Crippen molar-refractivity contribution in [2.24, 2.45) is 29.6 Å². The Hall–Kier alpha value is -0.610. The maximum absolute atomic E-state index is 11.7. The van der Waals surface area contributed by atoms with Crippen molar-refractivity contribution in [2.75, 3.05) is 27.2 Å². The van der Waals surface area contributed by atoms with Gasteiger partial charge in [-0.15, -0.1) is 0 Å². The van der Waals surface area contributed by atoms with Crippen LogP contribution in [-0.4, -0.2) is 49.3 Å². The molecule has 31 heavy (non-hydrogen) atoms. The maximum atomic E-state index is 11.7. The third-order valence-electron chi connectivity index (χ3n) is 7.48. The number of unbranched alkanes of at least 4 members (excludes halogenated alkanes) is 4. The Labute approximate surface area is 193 Å². The Morgan fingerprint density at radius 3 is 2.35 bits per heavy atom. The standard InChI is InChI=1S/C27H53NO3/c1-7-22(3)23(4)17-25-18-24(25)16-15-21(2)13-11-9-8-10-12-14-27(30)31-20-26(29)19-28(5)6/h21-26,29H,7-20H2,1-6H3. The van der Waals surface area contributed by atoms with Crippen LogP contribution in [0.1, 0.15) is 105 Å². The third kappa shape index (κ3) is 14.2. The fourth-order valence-corrected chi connectivity index (χ4v) is 4.74. The molecule has 1 rings (SSSR count). The summed E-state index contributed by atoms with van der Waals surface area (Å²) in [6, 6.07) is 0. The average Bonchev–Trinajstić information content (AvgIpc) is 3.46. The van der Waals surface area contributed by atoms with Gasteiger partial charge in [0.15, 0.2) is 0 Å². The van der Waals surface area contributed by atoms with Gasteiger partial charge in [0.1, 0.15) is 12.7 Å². The molecule has 184 valence electrons. The van der Waals surface area contributed by atoms with Gasteiger partial charge >= 0.3 is 5.97 Å². The summed E-state index contributed by atoms with van der Waals surface area (Å²) in [7, 11) is 3.79. The first-order chi connectivity index (χ1) is 14.7. The van der Waals surface area contributed by atoms with Gasteiger partial charge in [-0.25, -0.2) is 0 Å². The van der Waals surface area contributed by atoms with Gasteiger partial charge in [0.25, 0.3) is 0 Å². The topological polar surface area (TPSA) is 49.8 Å². The van der Waals surface area contributed by atoms with Crippen LogP contribution in [0.5, 0.6) is 0 Å². The minimum Gasteiger partial charge on any atom is -0.463 e. The zero-order valence-electron chi connectivity index (χ0n) is 21.6. The molecule has 0 aromatic heterocycles. The number of hydrogen-bond donors (Lipinski definition) is 1. The Morgan fingerprint density at radius 2 is 1.68 bits per heavy atom. The molecule has 6 atom stereocenters. The molecule has 4 nitrogen and oxygen atoms in total. The molecule has 0 aliphatic heterocycles. The summed E-state index contributed by atoms with van der Waals surface area (Å²) in [5.74, 6) is 4.51. The lowest BCUT2D eigenvalue weighted by atomic mass is 9.88. The van der Waals surface area contributed by atoms with Gasteiger partial charge in [0.2, 0.25) is 0 Å². The molecule has 4 heteroatoms. The highest BCUT2D eigenvalue weighted by molar-refractivity contribution is 5.69. The smallest absolute Gasteiger partial charge is 0.305 e. The molecule has 0 amide bonds. The zero-order chi connectivity index (χ0) is 23.2. The lowest BCUT2D eigenvalue weighted by Crippen LogP contribution is -2.30. The van der Waals surface area contributed by atoms with Crippen LogP contribution in [0.2, 0.25) is 0 Å². The molecular weight excluding hydrogens is 386 g/mol. The van der Waals surface area contributed by atoms with Crippen molar-refractivity contribution in [2.45, 2.75) is 111 Å². The fraction of sp³-hybridized carbons (Fsp3) is 0.963. The van der Waals surface area contributed by atoms with Crippen molar-refractivity contribution < 1.29 is 14.6 Å². The van der Waals surface area contributed by atoms with E-state index in [0.29, 0.717) is 13.0 Å². The van der Waals surface area contributed by atoms with E-state index in [1.165, 1.54) is 57.8 Å². The van der Waals surface area contributed by atoms with E-state index in [1.54, 1.807) is 0 Å². The number of aliphatic hydroxyl groups is 1. The van der Waals surface area contributed by atoms with Gasteiger partial charge in [-0.1, -0.05) is 72.6 Å². The summed E-state index contributed by atoms with van der Waals surface area (Å²) < 4.78 is 5.15. The summed E-state index contributed by atoms with van der Waals surface area (Å²) in [6.07, 6.45) is 14.2. The molecule has 0 aromatic carbocycles. The molecule has 1 aliphatic rings. The first-order valence-electron chi connectivity index (χ1n) is 13.2. The van der Waals surface area contributed by atoms with Crippen LogP contribution in [0.25, 0.3) is 0 Å². The summed E-state index contributed by atoms with van der Waals surface area (Å²) in [5.41, 5.74) is 0. The number of rotatable bonds is 19. The van der Waals surface area contributed by atoms with Crippen molar-refractivity contribution in [3.63, 3.8) is 0 Å². The van der Waals surface area contributed by atoms with E-state index in [1.807, 2.05) is 19.0 Å². The van der Waals surface area contributed by atoms with E-state index in [0.717, 1.165) is 42.4 Å². The second-order valence-electron chi connectivity index (χ2n) is 10.9. The Kier molecular flexibility index (Phi) is 14.7. The van der Waals surface area contributed by atoms with E-state index >= 15 is 0 Å². The molecule has 0 bridgehead atoms. The lowest BCUT2D eigenvalue weighted by molar-refractivity contribution is -0.147. The second kappa shape index (κ2) is 16.1. The molecule has 0 heterocycles. The number of aliphatic hydroxyl groups excluding tert-OH is 1. The highest BCUT2D eigenvalue weighted by Crippen LogP contribution is 2.47. The molecule has 1 fully saturated rings. The van der Waals surface area contributed by atoms with Crippen molar-refractivity contribution >= 4 is 5.97 Å². The molecule has 0 aromatic rings. The van der Waals surface area contributed by atoms with Gasteiger partial charge in [-0.3, -0.25) is 4.79 Å². The second-order valence-corrected chi connectivity index (χ2v) is 10.9. The number of carbonyl (C=O) groups excluding carboxylic acids is 1. The van der Waals surface area contributed by atoms with E-state index in [-0.39, 0.29) is 12.6 Å². The quantitative estimate of drug-likeness (QED) is 0.189. The number of likely N-dealkylation sites (N-methyl/N-ethyl adjacent to an activating group) is 1. The van der Waals surface area contributed by atoms with Crippen LogP contribution in [-0.2, 0) is 9.53 Å². The minimum atomic E-state index is -0.597. The summed E-state index contributed by atoms with van der Waals surface area (Å²) in [5, 5.41) is 9.71. The van der Waals surface area contributed by atoms with Gasteiger partial charge in [0.05, 0.1) is 0 Å². The van der Waals surface area contributed by atoms with Crippen LogP contribution >= 0.6 is 0 Å². The molecule has 6 unspecified atom stereocenters. The lowest BCUT2D eigenvalue weighted by Gasteiger charge is -2.18. The fourth-order valence-electron chi connectivity index (χ4n) is 4.74. The van der Waals surface area contributed by atoms with Gasteiger partial charge in [0, 0.05) is 13.0 Å². The summed E-state index contributed by atoms with van der Waals surface area (Å²) >= 11 is 0. The summed E-state index contributed by atoms with van der Waals surface area (Å²) in [4.78, 5) is 13.6. The average molecular weight is 440 g/mol. The molecule has 1 saturated carbocycles. The van der Waals surface area contributed by atoms with Crippen LogP contribution in [0, 0.1) is 29.6 Å². The van der Waals surface area contributed by atoms with Gasteiger partial charge in [-0.05, 0) is 69.4 Å². The maximum Gasteiger partial charge on any atom is 0.305 e. The molecular formula is C27H53NO3. The number of ether oxygens (including phenoxy) is 1. The van der Waals surface area contributed by atoms with Crippen LogP contribution < -0.4 is 0 Å². The number of esters is 1. The van der Waals surface area contributed by atoms with E-state index < -0.39 is 6.10 Å². The first kappa shape index (κ1) is 28.4. The minimum absolute atomic E-state index is 0.105. The Bertz CT molecular complexity index is 467. The third-order valence-corrected chi connectivity index (χ3v) is 7.48. The van der Waals surface area contributed by atoms with Crippen molar-refractivity contribution in [3.05, 3.63) is 0 Å². The number of hydrogen-bond acceptors (Lipinski definition) is 4. The highest BCUT2D eigenvalue weighted by atomic mass is 16.5. The number of carbonyl (C=O) groups is 1. The zero-order valence-corrected chi connectivity index (χ0v) is 21.6. The normalized spacial score (nSPS) is 22.2. The molecule has 1 aliphatic carbocycles. The first-order valence-corrected chi connectivity index (χ1v) is 13.2. The van der Waals surface area contributed by atoms with Gasteiger partial charge < -0.3 is 14.7 Å². The predicted molar refractivity (Wildman–Crippen MR) is 131 cm³/mol.